The van der Waals surface area contributed by atoms with E-state index < -0.39 is 18.0 Å². The molecule has 25 heavy (non-hydrogen) atoms. The Morgan fingerprint density at radius 3 is 2.40 bits per heavy atom. The lowest BCUT2D eigenvalue weighted by Crippen LogP contribution is -2.63. The fourth-order valence-corrected chi connectivity index (χ4v) is 5.63. The monoisotopic (exact) mass is 384 g/mol. The molecule has 3 aliphatic heterocycles. The molecule has 2 saturated heterocycles. The number of likely N-dealkylation sites (tertiary alicyclic amines) is 1. The predicted molar refractivity (Wildman–Crippen MR) is 99.9 cm³/mol. The molecule has 0 aromatic carbocycles. The van der Waals surface area contributed by atoms with Crippen molar-refractivity contribution in [3.8, 4) is 0 Å². The molecule has 0 spiro atoms. The van der Waals surface area contributed by atoms with Gasteiger partial charge in [0.25, 0.3) is 0 Å². The molecule has 0 unspecified atom stereocenters. The van der Waals surface area contributed by atoms with E-state index in [4.69, 9.17) is 12.2 Å². The van der Waals surface area contributed by atoms with Crippen molar-refractivity contribution in [2.45, 2.75) is 51.7 Å². The molecule has 3 rings (SSSR count). The van der Waals surface area contributed by atoms with Crippen LogP contribution in [0.2, 0.25) is 0 Å². The second kappa shape index (κ2) is 7.25. The van der Waals surface area contributed by atoms with Gasteiger partial charge in [0.15, 0.2) is 0 Å². The SMILES string of the molecule is C[C@@H](O)[C@H]1C(=O)N2C(C(=O)O)=C(SC(=S)N3CCCCCC3)[C@H](C)[C@H]12. The molecule has 6 nitrogen and oxygen atoms in total. The highest BCUT2D eigenvalue weighted by Gasteiger charge is 2.60. The first kappa shape index (κ1) is 18.7. The third-order valence-corrected chi connectivity index (χ3v) is 7.10. The van der Waals surface area contributed by atoms with Gasteiger partial charge in [-0.1, -0.05) is 43.7 Å². The summed E-state index contributed by atoms with van der Waals surface area (Å²) in [5, 5.41) is 19.5. The number of carbonyl (C=O) groups is 2. The number of carboxylic acid groups (broad SMARTS) is 1. The van der Waals surface area contributed by atoms with Crippen LogP contribution in [0, 0.1) is 11.8 Å². The Morgan fingerprint density at radius 1 is 1.28 bits per heavy atom. The number of hydrogen-bond acceptors (Lipinski definition) is 5. The van der Waals surface area contributed by atoms with Gasteiger partial charge in [-0.3, -0.25) is 4.79 Å². The minimum atomic E-state index is -1.10. The van der Waals surface area contributed by atoms with Crippen LogP contribution in [-0.2, 0) is 9.59 Å². The Hall–Kier alpha value is -1.12. The molecule has 0 radical (unpaired) electrons. The normalized spacial score (nSPS) is 30.7. The number of rotatable bonds is 3. The molecular formula is C17H24N2O4S2. The number of β-lactam (4-membered cyclic amide) rings is 1. The van der Waals surface area contributed by atoms with Crippen molar-refractivity contribution in [1.29, 1.82) is 0 Å². The van der Waals surface area contributed by atoms with Gasteiger partial charge in [0, 0.05) is 23.9 Å². The number of carbonyl (C=O) groups excluding carboxylic acids is 1. The molecule has 0 aromatic heterocycles. The summed E-state index contributed by atoms with van der Waals surface area (Å²) in [7, 11) is 0. The summed E-state index contributed by atoms with van der Waals surface area (Å²) >= 11 is 6.89. The Bertz CT molecular complexity index is 626. The van der Waals surface area contributed by atoms with Gasteiger partial charge in [-0.15, -0.1) is 0 Å². The lowest BCUT2D eigenvalue weighted by atomic mass is 9.79. The van der Waals surface area contributed by atoms with Crippen molar-refractivity contribution in [2.24, 2.45) is 11.8 Å². The van der Waals surface area contributed by atoms with Crippen molar-refractivity contribution in [3.05, 3.63) is 10.6 Å². The Kier molecular flexibility index (Phi) is 5.41. The van der Waals surface area contributed by atoms with E-state index in [0.717, 1.165) is 25.9 Å². The molecule has 1 amide bonds. The fourth-order valence-electron chi connectivity index (χ4n) is 4.07. The Balaban J connectivity index is 1.82. The smallest absolute Gasteiger partial charge is 0.353 e. The van der Waals surface area contributed by atoms with E-state index in [0.29, 0.717) is 9.23 Å². The van der Waals surface area contributed by atoms with Gasteiger partial charge in [-0.05, 0) is 19.8 Å². The minimum absolute atomic E-state index is 0.0431. The second-order valence-electron chi connectivity index (χ2n) is 7.04. The third kappa shape index (κ3) is 3.19. The molecule has 0 bridgehead atoms. The third-order valence-electron chi connectivity index (χ3n) is 5.37. The van der Waals surface area contributed by atoms with Gasteiger partial charge in [0.2, 0.25) is 5.91 Å². The van der Waals surface area contributed by atoms with Gasteiger partial charge in [0.1, 0.15) is 10.0 Å². The number of hydrogen-bond donors (Lipinski definition) is 2. The van der Waals surface area contributed by atoms with E-state index in [1.807, 2.05) is 6.92 Å². The van der Waals surface area contributed by atoms with Crippen molar-refractivity contribution in [2.75, 3.05) is 13.1 Å². The maximum Gasteiger partial charge on any atom is 0.353 e. The first-order valence-corrected chi connectivity index (χ1v) is 10.0. The Morgan fingerprint density at radius 2 is 1.88 bits per heavy atom. The zero-order valence-electron chi connectivity index (χ0n) is 14.5. The number of nitrogens with zero attached hydrogens (tertiary/aromatic N) is 2. The van der Waals surface area contributed by atoms with Crippen molar-refractivity contribution >= 4 is 40.2 Å². The lowest BCUT2D eigenvalue weighted by molar-refractivity contribution is -0.163. The Labute approximate surface area is 157 Å². The standard InChI is InChI=1S/C17H24N2O4S2/c1-9-12-11(10(2)20)15(21)19(12)13(16(22)23)14(9)25-17(24)18-7-5-3-4-6-8-18/h9-12,20H,3-8H2,1-2H3,(H,22,23)/t9-,10-,11-,12-/m1/s1. The molecule has 8 heteroatoms. The predicted octanol–water partition coefficient (Wildman–Crippen LogP) is 2.03. The molecule has 2 fully saturated rings. The summed E-state index contributed by atoms with van der Waals surface area (Å²) in [4.78, 5) is 28.3. The van der Waals surface area contributed by atoms with Crippen LogP contribution in [0.5, 0.6) is 0 Å². The number of thiocarbonyl (C=S) groups is 1. The maximum atomic E-state index is 12.3. The van der Waals surface area contributed by atoms with Gasteiger partial charge < -0.3 is 20.0 Å². The van der Waals surface area contributed by atoms with Gasteiger partial charge in [0.05, 0.1) is 18.1 Å². The van der Waals surface area contributed by atoms with E-state index in [1.54, 1.807) is 6.92 Å². The summed E-state index contributed by atoms with van der Waals surface area (Å²) in [6.07, 6.45) is 3.80. The van der Waals surface area contributed by atoms with Crippen molar-refractivity contribution in [1.82, 2.24) is 9.80 Å². The van der Waals surface area contributed by atoms with Gasteiger partial charge in [-0.2, -0.15) is 0 Å². The van der Waals surface area contributed by atoms with E-state index in [2.05, 4.69) is 4.90 Å². The first-order chi connectivity index (χ1) is 11.8. The summed E-state index contributed by atoms with van der Waals surface area (Å²) < 4.78 is 0.686. The van der Waals surface area contributed by atoms with Gasteiger partial charge in [-0.25, -0.2) is 4.79 Å². The fraction of sp³-hybridized carbons (Fsp3) is 0.706. The summed E-state index contributed by atoms with van der Waals surface area (Å²) in [5.41, 5.74) is 0.0431. The molecule has 2 N–H and O–H groups in total. The molecule has 0 aliphatic carbocycles. The zero-order valence-corrected chi connectivity index (χ0v) is 16.1. The molecule has 138 valence electrons. The van der Waals surface area contributed by atoms with Crippen LogP contribution in [0.25, 0.3) is 0 Å². The van der Waals surface area contributed by atoms with Crippen molar-refractivity contribution < 1.29 is 19.8 Å². The average Bonchev–Trinajstić information content (AvgIpc) is 2.73. The highest BCUT2D eigenvalue weighted by molar-refractivity contribution is 8.25. The maximum absolute atomic E-state index is 12.3. The summed E-state index contributed by atoms with van der Waals surface area (Å²) in [5.74, 6) is -2.08. The van der Waals surface area contributed by atoms with Gasteiger partial charge >= 0.3 is 5.97 Å². The van der Waals surface area contributed by atoms with Crippen LogP contribution in [0.15, 0.2) is 10.6 Å². The number of amides is 1. The van der Waals surface area contributed by atoms with E-state index >= 15 is 0 Å². The highest BCUT2D eigenvalue weighted by atomic mass is 32.2. The largest absolute Gasteiger partial charge is 0.477 e. The molecule has 0 aromatic rings. The number of aliphatic hydroxyl groups is 1. The van der Waals surface area contributed by atoms with Crippen LogP contribution in [0.3, 0.4) is 0 Å². The van der Waals surface area contributed by atoms with Crippen molar-refractivity contribution in [3.63, 3.8) is 0 Å². The quantitative estimate of drug-likeness (QED) is 0.569. The minimum Gasteiger partial charge on any atom is -0.477 e. The molecule has 3 heterocycles. The number of thioether (sulfide) groups is 1. The van der Waals surface area contributed by atoms with E-state index in [-0.39, 0.29) is 23.6 Å². The number of aliphatic hydroxyl groups excluding tert-OH is 1. The van der Waals surface area contributed by atoms with E-state index in [9.17, 15) is 19.8 Å². The van der Waals surface area contributed by atoms with Crippen LogP contribution in [0.1, 0.15) is 39.5 Å². The second-order valence-corrected chi connectivity index (χ2v) is 8.72. The zero-order chi connectivity index (χ0) is 18.3. The van der Waals surface area contributed by atoms with Crippen LogP contribution in [0.4, 0.5) is 0 Å². The van der Waals surface area contributed by atoms with Crippen LogP contribution >= 0.6 is 24.0 Å². The average molecular weight is 385 g/mol. The summed E-state index contributed by atoms with van der Waals surface area (Å²) in [6.45, 7) is 5.30. The highest BCUT2D eigenvalue weighted by Crippen LogP contribution is 2.50. The number of aliphatic carboxylic acids is 1. The molecule has 3 aliphatic rings. The van der Waals surface area contributed by atoms with E-state index in [1.165, 1.54) is 29.5 Å². The first-order valence-electron chi connectivity index (χ1n) is 8.80. The molecule has 4 atom stereocenters. The molecular weight excluding hydrogens is 360 g/mol. The molecule has 0 saturated carbocycles. The summed E-state index contributed by atoms with van der Waals surface area (Å²) in [6, 6.07) is -0.284. The number of fused-ring (bicyclic) bond motifs is 1. The van der Waals surface area contributed by atoms with Crippen LogP contribution < -0.4 is 0 Å². The lowest BCUT2D eigenvalue weighted by Gasteiger charge is -2.46. The topological polar surface area (TPSA) is 81.1 Å². The number of carboxylic acids is 1. The van der Waals surface area contributed by atoms with Crippen LogP contribution in [-0.4, -0.2) is 61.4 Å².